The maximum absolute atomic E-state index is 5.85. The zero-order chi connectivity index (χ0) is 13.8. The Bertz CT molecular complexity index is 394. The molecule has 2 unspecified atom stereocenters. The highest BCUT2D eigenvalue weighted by atomic mass is 16.5. The number of pyridine rings is 1. The Morgan fingerprint density at radius 2 is 2.32 bits per heavy atom. The van der Waals surface area contributed by atoms with E-state index in [1.807, 2.05) is 18.3 Å². The SMILES string of the molecule is COc1ccc(C2C(CN)OCCN2C(C)C)cn1. The van der Waals surface area contributed by atoms with Gasteiger partial charge in [-0.1, -0.05) is 6.07 Å². The van der Waals surface area contributed by atoms with Crippen molar-refractivity contribution in [2.75, 3.05) is 26.8 Å². The summed E-state index contributed by atoms with van der Waals surface area (Å²) in [5.74, 6) is 0.626. The molecule has 19 heavy (non-hydrogen) atoms. The Labute approximate surface area is 114 Å². The average Bonchev–Trinajstić information content (AvgIpc) is 2.46. The summed E-state index contributed by atoms with van der Waals surface area (Å²) >= 11 is 0. The smallest absolute Gasteiger partial charge is 0.212 e. The van der Waals surface area contributed by atoms with Gasteiger partial charge >= 0.3 is 0 Å². The van der Waals surface area contributed by atoms with Gasteiger partial charge in [0.15, 0.2) is 0 Å². The van der Waals surface area contributed by atoms with Crippen molar-refractivity contribution in [3.63, 3.8) is 0 Å². The standard InChI is InChI=1S/C14H23N3O2/c1-10(2)17-6-7-19-12(8-15)14(17)11-4-5-13(18-3)16-9-11/h4-5,9-10,12,14H,6-8,15H2,1-3H3. The topological polar surface area (TPSA) is 60.6 Å². The van der Waals surface area contributed by atoms with E-state index in [1.165, 1.54) is 0 Å². The van der Waals surface area contributed by atoms with Crippen LogP contribution in [0.25, 0.3) is 0 Å². The van der Waals surface area contributed by atoms with Gasteiger partial charge in [0.1, 0.15) is 0 Å². The highest BCUT2D eigenvalue weighted by molar-refractivity contribution is 5.22. The van der Waals surface area contributed by atoms with Crippen molar-refractivity contribution in [3.8, 4) is 5.88 Å². The fraction of sp³-hybridized carbons (Fsp3) is 0.643. The van der Waals surface area contributed by atoms with Crippen molar-refractivity contribution in [1.82, 2.24) is 9.88 Å². The second kappa shape index (κ2) is 6.32. The molecule has 1 fully saturated rings. The molecule has 0 aromatic carbocycles. The van der Waals surface area contributed by atoms with Gasteiger partial charge in [-0.15, -0.1) is 0 Å². The van der Waals surface area contributed by atoms with Crippen LogP contribution in [-0.2, 0) is 4.74 Å². The summed E-state index contributed by atoms with van der Waals surface area (Å²) in [6.45, 7) is 6.57. The Morgan fingerprint density at radius 1 is 1.53 bits per heavy atom. The lowest BCUT2D eigenvalue weighted by Gasteiger charge is -2.43. The second-order valence-corrected chi connectivity index (χ2v) is 5.06. The predicted octanol–water partition coefficient (Wildman–Crippen LogP) is 1.20. The summed E-state index contributed by atoms with van der Waals surface area (Å²) in [6.07, 6.45) is 1.88. The lowest BCUT2D eigenvalue weighted by Crippen LogP contribution is -2.50. The van der Waals surface area contributed by atoms with Crippen LogP contribution in [0.4, 0.5) is 0 Å². The third-order valence-electron chi connectivity index (χ3n) is 3.60. The molecule has 0 spiro atoms. The molecular formula is C14H23N3O2. The predicted molar refractivity (Wildman–Crippen MR) is 74.2 cm³/mol. The summed E-state index contributed by atoms with van der Waals surface area (Å²) in [7, 11) is 1.62. The van der Waals surface area contributed by atoms with Crippen molar-refractivity contribution in [3.05, 3.63) is 23.9 Å². The monoisotopic (exact) mass is 265 g/mol. The minimum atomic E-state index is 0.0198. The summed E-state index contributed by atoms with van der Waals surface area (Å²) in [5, 5.41) is 0. The van der Waals surface area contributed by atoms with Gasteiger partial charge in [-0.2, -0.15) is 0 Å². The molecule has 106 valence electrons. The van der Waals surface area contributed by atoms with E-state index in [1.54, 1.807) is 7.11 Å². The van der Waals surface area contributed by atoms with Crippen molar-refractivity contribution in [2.45, 2.75) is 32.0 Å². The van der Waals surface area contributed by atoms with E-state index in [0.29, 0.717) is 18.5 Å². The van der Waals surface area contributed by atoms with Crippen LogP contribution in [0.3, 0.4) is 0 Å². The molecule has 1 aromatic heterocycles. The fourth-order valence-corrected chi connectivity index (χ4v) is 2.62. The first-order chi connectivity index (χ1) is 9.17. The molecule has 2 N–H and O–H groups in total. The fourth-order valence-electron chi connectivity index (χ4n) is 2.62. The first-order valence-corrected chi connectivity index (χ1v) is 6.74. The number of aromatic nitrogens is 1. The van der Waals surface area contributed by atoms with Gasteiger partial charge in [0.2, 0.25) is 5.88 Å². The molecule has 1 saturated heterocycles. The summed E-state index contributed by atoms with van der Waals surface area (Å²) in [5.41, 5.74) is 6.98. The van der Waals surface area contributed by atoms with Crippen LogP contribution in [0.1, 0.15) is 25.5 Å². The van der Waals surface area contributed by atoms with Gasteiger partial charge in [0.05, 0.1) is 25.9 Å². The molecule has 1 aromatic rings. The normalized spacial score (nSPS) is 24.7. The number of rotatable bonds is 4. The highest BCUT2D eigenvalue weighted by Gasteiger charge is 2.34. The van der Waals surface area contributed by atoms with Gasteiger partial charge in [-0.3, -0.25) is 4.90 Å². The van der Waals surface area contributed by atoms with Crippen LogP contribution in [0.15, 0.2) is 18.3 Å². The van der Waals surface area contributed by atoms with E-state index in [4.69, 9.17) is 15.2 Å². The zero-order valence-electron chi connectivity index (χ0n) is 11.9. The van der Waals surface area contributed by atoms with Gasteiger partial charge in [-0.05, 0) is 19.4 Å². The lowest BCUT2D eigenvalue weighted by atomic mass is 9.98. The Balaban J connectivity index is 2.28. The maximum Gasteiger partial charge on any atom is 0.212 e. The molecule has 0 radical (unpaired) electrons. The minimum absolute atomic E-state index is 0.0198. The first-order valence-electron chi connectivity index (χ1n) is 6.74. The van der Waals surface area contributed by atoms with Gasteiger partial charge in [-0.25, -0.2) is 4.98 Å². The highest BCUT2D eigenvalue weighted by Crippen LogP contribution is 2.31. The number of ether oxygens (including phenoxy) is 2. The van der Waals surface area contributed by atoms with Crippen molar-refractivity contribution >= 4 is 0 Å². The number of nitrogens with zero attached hydrogens (tertiary/aromatic N) is 2. The molecule has 1 aliphatic rings. The molecule has 0 amide bonds. The zero-order valence-corrected chi connectivity index (χ0v) is 11.9. The largest absolute Gasteiger partial charge is 0.481 e. The third-order valence-corrected chi connectivity index (χ3v) is 3.60. The van der Waals surface area contributed by atoms with Gasteiger partial charge in [0, 0.05) is 31.4 Å². The van der Waals surface area contributed by atoms with Crippen LogP contribution in [0.2, 0.25) is 0 Å². The molecule has 5 heteroatoms. The third kappa shape index (κ3) is 3.05. The number of nitrogens with two attached hydrogens (primary N) is 1. The Kier molecular flexibility index (Phi) is 4.74. The minimum Gasteiger partial charge on any atom is -0.481 e. The molecule has 0 saturated carbocycles. The number of methoxy groups -OCH3 is 1. The maximum atomic E-state index is 5.85. The van der Waals surface area contributed by atoms with Crippen molar-refractivity contribution in [1.29, 1.82) is 0 Å². The summed E-state index contributed by atoms with van der Waals surface area (Å²) in [4.78, 5) is 6.71. The molecule has 0 aliphatic carbocycles. The van der Waals surface area contributed by atoms with E-state index in [9.17, 15) is 0 Å². The van der Waals surface area contributed by atoms with Crippen molar-refractivity contribution in [2.24, 2.45) is 5.73 Å². The van der Waals surface area contributed by atoms with Gasteiger partial charge < -0.3 is 15.2 Å². The van der Waals surface area contributed by atoms with E-state index in [-0.39, 0.29) is 12.1 Å². The quantitative estimate of drug-likeness (QED) is 0.886. The first kappa shape index (κ1) is 14.2. The summed E-state index contributed by atoms with van der Waals surface area (Å²) < 4.78 is 10.9. The van der Waals surface area contributed by atoms with E-state index in [0.717, 1.165) is 18.7 Å². The molecular weight excluding hydrogens is 242 g/mol. The molecule has 5 nitrogen and oxygen atoms in total. The van der Waals surface area contributed by atoms with Crippen LogP contribution in [0.5, 0.6) is 5.88 Å². The molecule has 2 heterocycles. The van der Waals surface area contributed by atoms with Crippen LogP contribution < -0.4 is 10.5 Å². The Hall–Kier alpha value is -1.17. The van der Waals surface area contributed by atoms with Gasteiger partial charge in [0.25, 0.3) is 0 Å². The van der Waals surface area contributed by atoms with E-state index in [2.05, 4.69) is 23.7 Å². The average molecular weight is 265 g/mol. The number of morpholine rings is 1. The van der Waals surface area contributed by atoms with Crippen LogP contribution in [0, 0.1) is 0 Å². The summed E-state index contributed by atoms with van der Waals surface area (Å²) in [6, 6.07) is 4.54. The Morgan fingerprint density at radius 3 is 2.84 bits per heavy atom. The van der Waals surface area contributed by atoms with Crippen LogP contribution >= 0.6 is 0 Å². The van der Waals surface area contributed by atoms with E-state index < -0.39 is 0 Å². The lowest BCUT2D eigenvalue weighted by molar-refractivity contribution is -0.0790. The molecule has 0 bridgehead atoms. The molecule has 2 rings (SSSR count). The molecule has 1 aliphatic heterocycles. The van der Waals surface area contributed by atoms with E-state index >= 15 is 0 Å². The van der Waals surface area contributed by atoms with Crippen LogP contribution in [-0.4, -0.2) is 48.8 Å². The number of hydrogen-bond donors (Lipinski definition) is 1. The van der Waals surface area contributed by atoms with Crippen molar-refractivity contribution < 1.29 is 9.47 Å². The number of hydrogen-bond acceptors (Lipinski definition) is 5. The second-order valence-electron chi connectivity index (χ2n) is 5.06. The molecule has 2 atom stereocenters.